The summed E-state index contributed by atoms with van der Waals surface area (Å²) in [5.74, 6) is -0.708. The number of fused-ring (bicyclic) bond motifs is 1. The van der Waals surface area contributed by atoms with E-state index in [4.69, 9.17) is 9.47 Å². The molecule has 0 aliphatic carbocycles. The van der Waals surface area contributed by atoms with Gasteiger partial charge in [-0.3, -0.25) is 14.5 Å². The van der Waals surface area contributed by atoms with Crippen LogP contribution in [0.3, 0.4) is 0 Å². The third kappa shape index (κ3) is 4.77. The van der Waals surface area contributed by atoms with Gasteiger partial charge in [-0.1, -0.05) is 38.8 Å². The smallest absolute Gasteiger partial charge is 0.261 e. The molecule has 6 heteroatoms. The fourth-order valence-corrected chi connectivity index (χ4v) is 2.81. The van der Waals surface area contributed by atoms with Gasteiger partial charge in [0.2, 0.25) is 0 Å². The van der Waals surface area contributed by atoms with E-state index in [0.29, 0.717) is 30.6 Å². The highest BCUT2D eigenvalue weighted by molar-refractivity contribution is 6.21. The first kappa shape index (κ1) is 20.3. The Bertz CT molecular complexity index is 595. The Labute approximate surface area is 154 Å². The molecule has 1 aromatic carbocycles. The van der Waals surface area contributed by atoms with Gasteiger partial charge in [-0.05, 0) is 25.0 Å². The minimum atomic E-state index is -0.803. The fourth-order valence-electron chi connectivity index (χ4n) is 2.81. The van der Waals surface area contributed by atoms with Gasteiger partial charge in [0.05, 0.1) is 17.7 Å². The van der Waals surface area contributed by atoms with Crippen LogP contribution in [0.25, 0.3) is 0 Å². The lowest BCUT2D eigenvalue weighted by Gasteiger charge is -2.27. The van der Waals surface area contributed by atoms with Crippen molar-refractivity contribution in [1.82, 2.24) is 4.90 Å². The van der Waals surface area contributed by atoms with Crippen LogP contribution in [0.5, 0.6) is 0 Å². The van der Waals surface area contributed by atoms with Crippen molar-refractivity contribution in [2.24, 2.45) is 0 Å². The summed E-state index contributed by atoms with van der Waals surface area (Å²) in [6.07, 6.45) is 2.79. The zero-order chi connectivity index (χ0) is 18.9. The van der Waals surface area contributed by atoms with Crippen molar-refractivity contribution < 1.29 is 23.9 Å². The second kappa shape index (κ2) is 10.2. The Morgan fingerprint density at radius 2 is 1.50 bits per heavy atom. The first-order valence-corrected chi connectivity index (χ1v) is 9.27. The number of rotatable bonds is 12. The van der Waals surface area contributed by atoms with Crippen molar-refractivity contribution in [2.75, 3.05) is 19.8 Å². The third-order valence-corrected chi connectivity index (χ3v) is 4.38. The molecule has 0 saturated heterocycles. The van der Waals surface area contributed by atoms with E-state index in [1.165, 1.54) is 0 Å². The van der Waals surface area contributed by atoms with Crippen LogP contribution in [0.2, 0.25) is 0 Å². The van der Waals surface area contributed by atoms with E-state index in [9.17, 15) is 14.4 Å². The minimum Gasteiger partial charge on any atom is -0.373 e. The summed E-state index contributed by atoms with van der Waals surface area (Å²) in [6, 6.07) is 6.73. The molecular weight excluding hydrogens is 334 g/mol. The van der Waals surface area contributed by atoms with Crippen LogP contribution in [0.1, 0.15) is 60.2 Å². The standard InChI is InChI=1S/C20H27NO5/c1-3-5-11-25-17(18(14-22)26-12-6-4-2)13-21-19(23)15-9-7-8-10-16(15)20(21)24/h7-10,14,17-18H,3-6,11-13H2,1-2H3/t17-,18-/m1/s1. The molecule has 0 unspecified atom stereocenters. The van der Waals surface area contributed by atoms with Crippen molar-refractivity contribution in [3.05, 3.63) is 35.4 Å². The predicted octanol–water partition coefficient (Wildman–Crippen LogP) is 2.85. The number of carbonyl (C=O) groups is 3. The number of ether oxygens (including phenoxy) is 2. The van der Waals surface area contributed by atoms with Gasteiger partial charge in [-0.25, -0.2) is 0 Å². The van der Waals surface area contributed by atoms with Gasteiger partial charge in [0.15, 0.2) is 6.29 Å². The number of benzene rings is 1. The Kier molecular flexibility index (Phi) is 7.94. The van der Waals surface area contributed by atoms with E-state index in [0.717, 1.165) is 30.6 Å². The van der Waals surface area contributed by atoms with Crippen molar-refractivity contribution >= 4 is 18.1 Å². The summed E-state index contributed by atoms with van der Waals surface area (Å²) in [5, 5.41) is 0. The van der Waals surface area contributed by atoms with Crippen LogP contribution >= 0.6 is 0 Å². The van der Waals surface area contributed by atoms with Crippen LogP contribution in [0, 0.1) is 0 Å². The topological polar surface area (TPSA) is 72.9 Å². The molecular formula is C20H27NO5. The SMILES string of the molecule is CCCCO[C@H](C=O)[C@@H](CN1C(=O)c2ccccc2C1=O)OCCCC. The van der Waals surface area contributed by atoms with Crippen LogP contribution in [0.15, 0.2) is 24.3 Å². The quantitative estimate of drug-likeness (QED) is 0.325. The number of hydrogen-bond donors (Lipinski definition) is 0. The molecule has 1 aromatic rings. The van der Waals surface area contributed by atoms with Crippen LogP contribution in [-0.2, 0) is 14.3 Å². The van der Waals surface area contributed by atoms with E-state index in [1.54, 1.807) is 24.3 Å². The average Bonchev–Trinajstić information content (AvgIpc) is 2.90. The molecule has 1 heterocycles. The molecule has 0 N–H and O–H groups in total. The lowest BCUT2D eigenvalue weighted by atomic mass is 10.1. The normalized spacial score (nSPS) is 15.8. The molecule has 6 nitrogen and oxygen atoms in total. The number of amides is 2. The number of hydrogen-bond acceptors (Lipinski definition) is 5. The average molecular weight is 361 g/mol. The van der Waals surface area contributed by atoms with E-state index in [2.05, 4.69) is 0 Å². The Hall–Kier alpha value is -2.05. The third-order valence-electron chi connectivity index (χ3n) is 4.38. The molecule has 0 fully saturated rings. The number of aldehydes is 1. The summed E-state index contributed by atoms with van der Waals surface area (Å²) in [6.45, 7) is 4.97. The van der Waals surface area contributed by atoms with Crippen molar-refractivity contribution in [2.45, 2.75) is 51.7 Å². The largest absolute Gasteiger partial charge is 0.373 e. The Morgan fingerprint density at radius 1 is 0.962 bits per heavy atom. The molecule has 0 spiro atoms. The summed E-state index contributed by atoms with van der Waals surface area (Å²) < 4.78 is 11.5. The van der Waals surface area contributed by atoms with Crippen molar-refractivity contribution in [3.63, 3.8) is 0 Å². The molecule has 26 heavy (non-hydrogen) atoms. The highest BCUT2D eigenvalue weighted by Gasteiger charge is 2.38. The minimum absolute atomic E-state index is 0.00555. The lowest BCUT2D eigenvalue weighted by Crippen LogP contribution is -2.45. The maximum Gasteiger partial charge on any atom is 0.261 e. The molecule has 2 amide bonds. The molecule has 1 aliphatic rings. The van der Waals surface area contributed by atoms with Crippen LogP contribution in [-0.4, -0.2) is 55.0 Å². The number of carbonyl (C=O) groups excluding carboxylic acids is 3. The summed E-state index contributed by atoms with van der Waals surface area (Å²) in [4.78, 5) is 37.8. The maximum absolute atomic E-state index is 12.6. The van der Waals surface area contributed by atoms with Crippen LogP contribution < -0.4 is 0 Å². The number of imide groups is 1. The molecule has 0 bridgehead atoms. The maximum atomic E-state index is 12.6. The molecule has 0 saturated carbocycles. The van der Waals surface area contributed by atoms with E-state index >= 15 is 0 Å². The zero-order valence-electron chi connectivity index (χ0n) is 15.5. The molecule has 1 aliphatic heterocycles. The molecule has 0 radical (unpaired) electrons. The van der Waals surface area contributed by atoms with Gasteiger partial charge in [-0.2, -0.15) is 0 Å². The predicted molar refractivity (Wildman–Crippen MR) is 97.2 cm³/mol. The van der Waals surface area contributed by atoms with Gasteiger partial charge in [0.1, 0.15) is 12.2 Å². The summed E-state index contributed by atoms with van der Waals surface area (Å²) in [7, 11) is 0. The fraction of sp³-hybridized carbons (Fsp3) is 0.550. The summed E-state index contributed by atoms with van der Waals surface area (Å²) >= 11 is 0. The number of unbranched alkanes of at least 4 members (excludes halogenated alkanes) is 2. The van der Waals surface area contributed by atoms with Crippen molar-refractivity contribution in [1.29, 1.82) is 0 Å². The number of nitrogens with zero attached hydrogens (tertiary/aromatic N) is 1. The van der Waals surface area contributed by atoms with Gasteiger partial charge in [-0.15, -0.1) is 0 Å². The molecule has 142 valence electrons. The molecule has 2 atom stereocenters. The van der Waals surface area contributed by atoms with Gasteiger partial charge >= 0.3 is 0 Å². The monoisotopic (exact) mass is 361 g/mol. The highest BCUT2D eigenvalue weighted by atomic mass is 16.5. The summed E-state index contributed by atoms with van der Waals surface area (Å²) in [5.41, 5.74) is 0.777. The van der Waals surface area contributed by atoms with E-state index < -0.39 is 12.2 Å². The van der Waals surface area contributed by atoms with Gasteiger partial charge < -0.3 is 14.3 Å². The Morgan fingerprint density at radius 3 is 2.00 bits per heavy atom. The first-order chi connectivity index (χ1) is 12.6. The lowest BCUT2D eigenvalue weighted by molar-refractivity contribution is -0.131. The zero-order valence-corrected chi connectivity index (χ0v) is 15.5. The van der Waals surface area contributed by atoms with Crippen molar-refractivity contribution in [3.8, 4) is 0 Å². The van der Waals surface area contributed by atoms with Gasteiger partial charge in [0.25, 0.3) is 11.8 Å². The molecule has 2 rings (SSSR count). The van der Waals surface area contributed by atoms with Crippen LogP contribution in [0.4, 0.5) is 0 Å². The first-order valence-electron chi connectivity index (χ1n) is 9.27. The highest BCUT2D eigenvalue weighted by Crippen LogP contribution is 2.23. The van der Waals surface area contributed by atoms with E-state index in [-0.39, 0.29) is 18.4 Å². The Balaban J connectivity index is 2.11. The van der Waals surface area contributed by atoms with Gasteiger partial charge in [0, 0.05) is 13.2 Å². The van der Waals surface area contributed by atoms with E-state index in [1.807, 2.05) is 13.8 Å². The second-order valence-corrected chi connectivity index (χ2v) is 6.35. The second-order valence-electron chi connectivity index (χ2n) is 6.35. The molecule has 0 aromatic heterocycles.